The van der Waals surface area contributed by atoms with E-state index in [1.165, 1.54) is 39.2 Å². The van der Waals surface area contributed by atoms with E-state index < -0.39 is 46.1 Å². The molecule has 2 aromatic carbocycles. The Morgan fingerprint density at radius 1 is 0.800 bits per heavy atom. The van der Waals surface area contributed by atoms with Crippen molar-refractivity contribution in [2.75, 3.05) is 24.1 Å². The van der Waals surface area contributed by atoms with Crippen LogP contribution >= 0.6 is 0 Å². The molecule has 1 amide bonds. The van der Waals surface area contributed by atoms with Crippen LogP contribution in [0.5, 0.6) is 0 Å². The van der Waals surface area contributed by atoms with Gasteiger partial charge in [0.25, 0.3) is 0 Å². The number of hydrogen-bond donors (Lipinski definition) is 2. The van der Waals surface area contributed by atoms with Gasteiger partial charge in [-0.2, -0.15) is 12.7 Å². The molecule has 2 rings (SSSR count). The number of nitrogens with zero attached hydrogens (tertiary/aromatic N) is 1. The van der Waals surface area contributed by atoms with Gasteiger partial charge in [0.15, 0.2) is 0 Å². The Morgan fingerprint density at radius 2 is 1.20 bits per heavy atom. The number of hydrogen-bond acceptors (Lipinski definition) is 9. The summed E-state index contributed by atoms with van der Waals surface area (Å²) in [6.07, 6.45) is 2.17. The molecule has 180 valence electrons. The Labute approximate surface area is 248 Å². The van der Waals surface area contributed by atoms with Crippen LogP contribution < -0.4 is 69.2 Å². The van der Waals surface area contributed by atoms with Gasteiger partial charge >= 0.3 is 69.3 Å². The van der Waals surface area contributed by atoms with Crippen LogP contribution in [-0.2, 0) is 35.2 Å². The van der Waals surface area contributed by atoms with Crippen LogP contribution in [0.3, 0.4) is 0 Å². The van der Waals surface area contributed by atoms with Crippen LogP contribution in [0.1, 0.15) is 18.1 Å². The van der Waals surface area contributed by atoms with Crippen LogP contribution in [-0.4, -0.2) is 58.7 Å². The average molecular weight is 564 g/mol. The molecule has 0 saturated carbocycles. The maximum absolute atomic E-state index is 11.9. The Hall–Kier alpha value is -0.820. The van der Waals surface area contributed by atoms with Crippen molar-refractivity contribution in [3.05, 3.63) is 47.5 Å². The Morgan fingerprint density at radius 3 is 1.57 bits per heavy atom. The largest absolute Gasteiger partial charge is 1.00 e. The fraction of sp³-hybridized carbons (Fsp3) is 0.167. The third kappa shape index (κ3) is 9.87. The van der Waals surface area contributed by atoms with Gasteiger partial charge in [-0.05, 0) is 35.4 Å². The molecule has 35 heavy (non-hydrogen) atoms. The first-order chi connectivity index (χ1) is 15.0. The molecule has 12 nitrogen and oxygen atoms in total. The second kappa shape index (κ2) is 13.1. The number of amides is 1. The first-order valence-corrected chi connectivity index (χ1v) is 13.1. The molecule has 0 heterocycles. The minimum Gasteiger partial charge on any atom is -0.744 e. The standard InChI is InChI=1S/C18H21N3O9S3.2Na/c1-12(22)19-15-8-6-13(17(10-15)31(23,24)25)4-5-14-7-9-16(11-18(14)32(26,27)28)20-33(29,30)21(2)3;;/h4-11,20H,1-3H3,(H,19,22)(H,23,24,25)(H,26,27,28);;/q;2*+1/p-2. The maximum Gasteiger partial charge on any atom is 1.00 e. The van der Waals surface area contributed by atoms with E-state index in [-0.39, 0.29) is 81.6 Å². The van der Waals surface area contributed by atoms with Crippen molar-refractivity contribution >= 4 is 59.9 Å². The van der Waals surface area contributed by atoms with E-state index in [0.29, 0.717) is 0 Å². The molecule has 0 aliphatic heterocycles. The van der Waals surface area contributed by atoms with E-state index in [2.05, 4.69) is 10.0 Å². The smallest absolute Gasteiger partial charge is 0.744 e. The average Bonchev–Trinajstić information content (AvgIpc) is 2.65. The van der Waals surface area contributed by atoms with Gasteiger partial charge in [0.05, 0.1) is 15.5 Å². The molecule has 17 heteroatoms. The quantitative estimate of drug-likeness (QED) is 0.179. The summed E-state index contributed by atoms with van der Waals surface area (Å²) >= 11 is 0. The fourth-order valence-electron chi connectivity index (χ4n) is 2.54. The van der Waals surface area contributed by atoms with Crippen molar-refractivity contribution in [1.82, 2.24) is 4.31 Å². The minimum absolute atomic E-state index is 0. The van der Waals surface area contributed by atoms with Crippen molar-refractivity contribution in [1.29, 1.82) is 0 Å². The van der Waals surface area contributed by atoms with Gasteiger partial charge in [0.2, 0.25) is 5.91 Å². The molecule has 2 aromatic rings. The Kier molecular flexibility index (Phi) is 12.8. The van der Waals surface area contributed by atoms with Crippen molar-refractivity contribution in [3.8, 4) is 0 Å². The molecular formula is C18H19N3Na2O9S3. The molecule has 0 bridgehead atoms. The molecule has 0 fully saturated rings. The molecule has 2 N–H and O–H groups in total. The molecule has 0 aliphatic rings. The molecule has 0 unspecified atom stereocenters. The number of anilines is 2. The monoisotopic (exact) mass is 563 g/mol. The minimum atomic E-state index is -5.07. The molecule has 0 aromatic heterocycles. The predicted molar refractivity (Wildman–Crippen MR) is 118 cm³/mol. The van der Waals surface area contributed by atoms with Crippen molar-refractivity contribution in [2.24, 2.45) is 0 Å². The molecular weight excluding hydrogens is 544 g/mol. The molecule has 0 saturated heterocycles. The molecule has 0 aliphatic carbocycles. The number of carbonyl (C=O) groups excluding carboxylic acids is 1. The van der Waals surface area contributed by atoms with Crippen LogP contribution in [0.15, 0.2) is 46.2 Å². The van der Waals surface area contributed by atoms with E-state index in [9.17, 15) is 39.2 Å². The Balaban J connectivity index is 0.00000578. The number of benzene rings is 2. The van der Waals surface area contributed by atoms with Gasteiger partial charge in [-0.3, -0.25) is 9.52 Å². The summed E-state index contributed by atoms with van der Waals surface area (Å²) in [4.78, 5) is 9.70. The summed E-state index contributed by atoms with van der Waals surface area (Å²) in [6, 6.07) is 6.60. The summed E-state index contributed by atoms with van der Waals surface area (Å²) in [6.45, 7) is 1.19. The Bertz CT molecular complexity index is 1440. The molecule has 0 atom stereocenters. The van der Waals surface area contributed by atoms with Gasteiger partial charge in [-0.15, -0.1) is 0 Å². The van der Waals surface area contributed by atoms with Gasteiger partial charge in [0.1, 0.15) is 20.2 Å². The topological polar surface area (TPSA) is 193 Å². The van der Waals surface area contributed by atoms with Crippen LogP contribution in [0.25, 0.3) is 12.2 Å². The normalized spacial score (nSPS) is 12.1. The van der Waals surface area contributed by atoms with Crippen LogP contribution in [0.2, 0.25) is 0 Å². The number of nitrogens with one attached hydrogen (secondary N) is 2. The SMILES string of the molecule is CC(=O)Nc1ccc(C=Cc2ccc(NS(=O)(=O)N(C)C)cc2S(=O)(=O)[O-])c(S(=O)(=O)[O-])c1.[Na+].[Na+]. The van der Waals surface area contributed by atoms with E-state index >= 15 is 0 Å². The third-order valence-electron chi connectivity index (χ3n) is 4.06. The zero-order chi connectivity index (χ0) is 25.2. The van der Waals surface area contributed by atoms with Gasteiger partial charge in [0, 0.05) is 26.7 Å². The second-order valence-electron chi connectivity index (χ2n) is 6.82. The van der Waals surface area contributed by atoms with Gasteiger partial charge in [-0.25, -0.2) is 16.8 Å². The van der Waals surface area contributed by atoms with E-state index in [4.69, 9.17) is 0 Å². The zero-order valence-corrected chi connectivity index (χ0v) is 25.9. The zero-order valence-electron chi connectivity index (χ0n) is 19.5. The van der Waals surface area contributed by atoms with Crippen molar-refractivity contribution < 1.29 is 98.3 Å². The van der Waals surface area contributed by atoms with E-state index in [1.807, 2.05) is 0 Å². The van der Waals surface area contributed by atoms with E-state index in [0.717, 1.165) is 34.7 Å². The van der Waals surface area contributed by atoms with Crippen LogP contribution in [0.4, 0.5) is 11.4 Å². The molecule has 0 spiro atoms. The number of carbonyl (C=O) groups is 1. The predicted octanol–water partition coefficient (Wildman–Crippen LogP) is -5.15. The molecule has 0 radical (unpaired) electrons. The first-order valence-electron chi connectivity index (χ1n) is 8.86. The summed E-state index contributed by atoms with van der Waals surface area (Å²) in [7, 11) is -11.6. The third-order valence-corrected chi connectivity index (χ3v) is 7.30. The fourth-order valence-corrected chi connectivity index (χ4v) is 4.54. The first kappa shape index (κ1) is 34.2. The van der Waals surface area contributed by atoms with Gasteiger partial charge < -0.3 is 14.4 Å². The van der Waals surface area contributed by atoms with Crippen molar-refractivity contribution in [3.63, 3.8) is 0 Å². The van der Waals surface area contributed by atoms with Crippen LogP contribution in [0, 0.1) is 0 Å². The summed E-state index contributed by atoms with van der Waals surface area (Å²) in [5.41, 5.74) is -0.462. The second-order valence-corrected chi connectivity index (χ2v) is 11.4. The van der Waals surface area contributed by atoms with Gasteiger partial charge in [-0.1, -0.05) is 24.3 Å². The summed E-state index contributed by atoms with van der Waals surface area (Å²) in [5.74, 6) is -0.497. The summed E-state index contributed by atoms with van der Waals surface area (Å²) < 4.78 is 96.9. The summed E-state index contributed by atoms with van der Waals surface area (Å²) in [5, 5.41) is 2.33. The van der Waals surface area contributed by atoms with E-state index in [1.54, 1.807) is 0 Å². The van der Waals surface area contributed by atoms with Crippen molar-refractivity contribution in [2.45, 2.75) is 16.7 Å². The maximum atomic E-state index is 11.9. The number of rotatable bonds is 8.